The molecule has 1 aromatic carbocycles. The summed E-state index contributed by atoms with van der Waals surface area (Å²) in [5, 5.41) is 0. The van der Waals surface area contributed by atoms with Gasteiger partial charge in [-0.05, 0) is 19.1 Å². The van der Waals surface area contributed by atoms with Crippen LogP contribution in [0, 0.1) is 0 Å². The van der Waals surface area contributed by atoms with Gasteiger partial charge >= 0.3 is 0 Å². The Kier molecular flexibility index (Phi) is 6.04. The zero-order valence-corrected chi connectivity index (χ0v) is 10.7. The van der Waals surface area contributed by atoms with E-state index in [1.165, 1.54) is 0 Å². The third-order valence-electron chi connectivity index (χ3n) is 1.90. The smallest absolute Gasteiger partial charge is 0.132 e. The zero-order valence-electron chi connectivity index (χ0n) is 9.86. The van der Waals surface area contributed by atoms with E-state index in [0.29, 0.717) is 6.61 Å². The van der Waals surface area contributed by atoms with E-state index in [1.807, 2.05) is 25.1 Å². The Morgan fingerprint density at radius 3 is 2.81 bits per heavy atom. The number of rotatable bonds is 7. The van der Waals surface area contributed by atoms with Gasteiger partial charge in [0.15, 0.2) is 0 Å². The first-order valence-electron chi connectivity index (χ1n) is 5.22. The van der Waals surface area contributed by atoms with E-state index in [2.05, 4.69) is 12.6 Å². The lowest BCUT2D eigenvalue weighted by Gasteiger charge is -2.07. The number of thioether (sulfide) groups is 1. The Morgan fingerprint density at radius 2 is 2.12 bits per heavy atom. The summed E-state index contributed by atoms with van der Waals surface area (Å²) in [4.78, 5) is 1.16. The number of hydrogen-bond acceptors (Lipinski definition) is 3. The third-order valence-corrected chi connectivity index (χ3v) is 2.92. The van der Waals surface area contributed by atoms with Crippen molar-refractivity contribution < 1.29 is 9.47 Å². The molecule has 88 valence electrons. The lowest BCUT2D eigenvalue weighted by molar-refractivity contribution is 0.174. The highest BCUT2D eigenvalue weighted by Gasteiger charge is 2.01. The zero-order chi connectivity index (χ0) is 11.8. The maximum absolute atomic E-state index is 5.43. The topological polar surface area (TPSA) is 18.5 Å². The average Bonchev–Trinajstić information content (AvgIpc) is 2.29. The van der Waals surface area contributed by atoms with Gasteiger partial charge in [0.25, 0.3) is 0 Å². The number of ether oxygens (including phenoxy) is 2. The molecule has 16 heavy (non-hydrogen) atoms. The van der Waals surface area contributed by atoms with Crippen molar-refractivity contribution in [3.8, 4) is 5.75 Å². The molecule has 0 aliphatic heterocycles. The minimum absolute atomic E-state index is 0.645. The third kappa shape index (κ3) is 4.73. The van der Waals surface area contributed by atoms with E-state index in [9.17, 15) is 0 Å². The molecule has 1 rings (SSSR count). The highest BCUT2D eigenvalue weighted by atomic mass is 32.2. The molecule has 2 nitrogen and oxygen atoms in total. The molecule has 0 bridgehead atoms. The largest absolute Gasteiger partial charge is 0.496 e. The maximum atomic E-state index is 5.43. The quantitative estimate of drug-likeness (QED) is 0.412. The van der Waals surface area contributed by atoms with Gasteiger partial charge in [0.05, 0.1) is 20.3 Å². The molecule has 0 heterocycles. The number of para-hydroxylation sites is 1. The first-order chi connectivity index (χ1) is 7.74. The van der Waals surface area contributed by atoms with Crippen molar-refractivity contribution in [3.05, 3.63) is 36.4 Å². The molecule has 3 heteroatoms. The van der Waals surface area contributed by atoms with Gasteiger partial charge in [0.1, 0.15) is 5.75 Å². The molecule has 0 atom stereocenters. The van der Waals surface area contributed by atoms with E-state index in [-0.39, 0.29) is 0 Å². The van der Waals surface area contributed by atoms with Crippen LogP contribution in [0.2, 0.25) is 0 Å². The van der Waals surface area contributed by atoms with Crippen molar-refractivity contribution in [1.29, 1.82) is 0 Å². The second-order valence-corrected chi connectivity index (χ2v) is 4.65. The van der Waals surface area contributed by atoms with Crippen LogP contribution < -0.4 is 4.74 Å². The minimum atomic E-state index is 0.645. The number of hydrogen-bond donors (Lipinski definition) is 0. The van der Waals surface area contributed by atoms with Crippen LogP contribution in [-0.4, -0.2) is 26.1 Å². The van der Waals surface area contributed by atoms with E-state index < -0.39 is 0 Å². The summed E-state index contributed by atoms with van der Waals surface area (Å²) >= 11 is 1.74. The molecular weight excluding hydrogens is 220 g/mol. The van der Waals surface area contributed by atoms with Crippen LogP contribution in [0.25, 0.3) is 0 Å². The van der Waals surface area contributed by atoms with Crippen molar-refractivity contribution in [3.63, 3.8) is 0 Å². The van der Waals surface area contributed by atoms with Crippen LogP contribution in [0.4, 0.5) is 0 Å². The van der Waals surface area contributed by atoms with E-state index in [0.717, 1.165) is 28.6 Å². The fourth-order valence-corrected chi connectivity index (χ4v) is 2.08. The molecule has 0 N–H and O–H groups in total. The second-order valence-electron chi connectivity index (χ2n) is 3.51. The molecule has 0 unspecified atom stereocenters. The Bertz CT molecular complexity index is 336. The molecule has 0 saturated carbocycles. The Morgan fingerprint density at radius 1 is 1.38 bits per heavy atom. The molecule has 0 fully saturated rings. The summed E-state index contributed by atoms with van der Waals surface area (Å²) in [6, 6.07) is 8.01. The Hall–Kier alpha value is -0.930. The fraction of sp³-hybridized carbons (Fsp3) is 0.385. The molecule has 0 radical (unpaired) electrons. The predicted octanol–water partition coefficient (Wildman–Crippen LogP) is 3.38. The summed E-state index contributed by atoms with van der Waals surface area (Å²) in [5.74, 6) is 1.85. The van der Waals surface area contributed by atoms with Crippen molar-refractivity contribution in [2.24, 2.45) is 0 Å². The summed E-state index contributed by atoms with van der Waals surface area (Å²) in [6.07, 6.45) is 0. The first kappa shape index (κ1) is 13.1. The van der Waals surface area contributed by atoms with Gasteiger partial charge in [0.2, 0.25) is 0 Å². The van der Waals surface area contributed by atoms with Gasteiger partial charge < -0.3 is 9.47 Å². The molecule has 0 aromatic heterocycles. The first-order valence-corrected chi connectivity index (χ1v) is 6.20. The van der Waals surface area contributed by atoms with Crippen molar-refractivity contribution in [2.75, 3.05) is 26.1 Å². The summed E-state index contributed by atoms with van der Waals surface area (Å²) < 4.78 is 10.7. The predicted molar refractivity (Wildman–Crippen MR) is 69.4 cm³/mol. The van der Waals surface area contributed by atoms with Gasteiger partial charge in [0, 0.05) is 10.6 Å². The van der Waals surface area contributed by atoms with Crippen molar-refractivity contribution in [2.45, 2.75) is 11.8 Å². The molecular formula is C13H18O2S. The Balaban J connectivity index is 2.28. The summed E-state index contributed by atoms with van der Waals surface area (Å²) in [6.45, 7) is 7.13. The van der Waals surface area contributed by atoms with Gasteiger partial charge in [-0.25, -0.2) is 0 Å². The van der Waals surface area contributed by atoms with E-state index in [1.54, 1.807) is 18.9 Å². The lowest BCUT2D eigenvalue weighted by Crippen LogP contribution is -1.99. The second kappa shape index (κ2) is 7.36. The Labute approximate surface area is 102 Å². The SMILES string of the molecule is C=C(C)COCCSc1ccccc1OC. The molecule has 0 saturated heterocycles. The summed E-state index contributed by atoms with van der Waals surface area (Å²) in [5.41, 5.74) is 1.06. The van der Waals surface area contributed by atoms with Crippen LogP contribution in [0.5, 0.6) is 5.75 Å². The standard InChI is InChI=1S/C13H18O2S/c1-11(2)10-15-8-9-16-13-7-5-4-6-12(13)14-3/h4-7H,1,8-10H2,2-3H3. The molecule has 0 amide bonds. The van der Waals surface area contributed by atoms with Crippen molar-refractivity contribution >= 4 is 11.8 Å². The molecule has 0 aliphatic rings. The fourth-order valence-electron chi connectivity index (χ4n) is 1.19. The summed E-state index contributed by atoms with van der Waals surface area (Å²) in [7, 11) is 1.69. The molecule has 0 spiro atoms. The van der Waals surface area contributed by atoms with Gasteiger partial charge in [-0.1, -0.05) is 24.3 Å². The van der Waals surface area contributed by atoms with Crippen LogP contribution in [0.3, 0.4) is 0 Å². The highest BCUT2D eigenvalue weighted by molar-refractivity contribution is 7.99. The average molecular weight is 238 g/mol. The lowest BCUT2D eigenvalue weighted by atomic mass is 10.3. The molecule has 1 aromatic rings. The van der Waals surface area contributed by atoms with Crippen LogP contribution in [0.1, 0.15) is 6.92 Å². The molecule has 0 aliphatic carbocycles. The van der Waals surface area contributed by atoms with E-state index in [4.69, 9.17) is 9.47 Å². The van der Waals surface area contributed by atoms with Gasteiger partial charge in [-0.15, -0.1) is 11.8 Å². The highest BCUT2D eigenvalue weighted by Crippen LogP contribution is 2.28. The monoisotopic (exact) mass is 238 g/mol. The van der Waals surface area contributed by atoms with Gasteiger partial charge in [-0.2, -0.15) is 0 Å². The normalized spacial score (nSPS) is 10.1. The minimum Gasteiger partial charge on any atom is -0.496 e. The number of methoxy groups -OCH3 is 1. The van der Waals surface area contributed by atoms with Crippen molar-refractivity contribution in [1.82, 2.24) is 0 Å². The number of benzene rings is 1. The maximum Gasteiger partial charge on any atom is 0.132 e. The van der Waals surface area contributed by atoms with Crippen LogP contribution >= 0.6 is 11.8 Å². The van der Waals surface area contributed by atoms with Gasteiger partial charge in [-0.3, -0.25) is 0 Å². The van der Waals surface area contributed by atoms with Crippen LogP contribution in [0.15, 0.2) is 41.3 Å². The van der Waals surface area contributed by atoms with E-state index >= 15 is 0 Å². The van der Waals surface area contributed by atoms with Crippen LogP contribution in [-0.2, 0) is 4.74 Å².